The number of amides is 1. The van der Waals surface area contributed by atoms with Crippen molar-refractivity contribution >= 4 is 23.1 Å². The van der Waals surface area contributed by atoms with Crippen LogP contribution in [0.15, 0.2) is 78.4 Å². The molecule has 168 valence electrons. The zero-order chi connectivity index (χ0) is 23.7. The molecule has 5 heteroatoms. The van der Waals surface area contributed by atoms with Crippen molar-refractivity contribution in [1.29, 1.82) is 0 Å². The van der Waals surface area contributed by atoms with Crippen molar-refractivity contribution in [2.45, 2.75) is 39.8 Å². The summed E-state index contributed by atoms with van der Waals surface area (Å²) in [6.07, 6.45) is 0.0188. The van der Waals surface area contributed by atoms with Crippen LogP contribution in [0.3, 0.4) is 0 Å². The molecule has 1 unspecified atom stereocenters. The van der Waals surface area contributed by atoms with Gasteiger partial charge in [-0.3, -0.25) is 14.5 Å². The van der Waals surface area contributed by atoms with E-state index >= 15 is 0 Å². The number of hydrogen-bond acceptors (Lipinski definition) is 4. The molecule has 0 bridgehead atoms. The number of benzene rings is 3. The molecule has 0 saturated carbocycles. The van der Waals surface area contributed by atoms with Crippen molar-refractivity contribution in [3.63, 3.8) is 0 Å². The summed E-state index contributed by atoms with van der Waals surface area (Å²) < 4.78 is 5.68. The molecular weight excluding hydrogens is 414 g/mol. The summed E-state index contributed by atoms with van der Waals surface area (Å²) in [6, 6.07) is 21.2. The molecule has 1 atom stereocenters. The lowest BCUT2D eigenvalue weighted by molar-refractivity contribution is -0.132. The largest absolute Gasteiger partial charge is 0.507 e. The Morgan fingerprint density at radius 3 is 2.15 bits per heavy atom. The van der Waals surface area contributed by atoms with Crippen molar-refractivity contribution in [3.05, 3.63) is 101 Å². The van der Waals surface area contributed by atoms with Crippen LogP contribution >= 0.6 is 0 Å². The number of anilines is 1. The Morgan fingerprint density at radius 2 is 1.55 bits per heavy atom. The van der Waals surface area contributed by atoms with Gasteiger partial charge in [-0.25, -0.2) is 0 Å². The van der Waals surface area contributed by atoms with Crippen LogP contribution in [0.25, 0.3) is 5.76 Å². The van der Waals surface area contributed by atoms with E-state index in [-0.39, 0.29) is 17.4 Å². The molecule has 3 aromatic rings. The van der Waals surface area contributed by atoms with Gasteiger partial charge in [0.2, 0.25) is 0 Å². The summed E-state index contributed by atoms with van der Waals surface area (Å²) in [7, 11) is 0. The van der Waals surface area contributed by atoms with E-state index in [0.717, 1.165) is 16.7 Å². The van der Waals surface area contributed by atoms with Gasteiger partial charge in [-0.15, -0.1) is 0 Å². The molecule has 1 aliphatic heterocycles. The first-order valence-electron chi connectivity index (χ1n) is 11.0. The number of Topliss-reactive ketones (excluding diaryl/α,β-unsaturated/α-hetero) is 1. The summed E-state index contributed by atoms with van der Waals surface area (Å²) in [5, 5.41) is 11.3. The van der Waals surface area contributed by atoms with E-state index in [9.17, 15) is 14.7 Å². The van der Waals surface area contributed by atoms with Crippen LogP contribution in [0, 0.1) is 13.8 Å². The molecule has 1 N–H and O–H groups in total. The molecule has 0 spiro atoms. The fraction of sp³-hybridized carbons (Fsp3) is 0.214. The summed E-state index contributed by atoms with van der Waals surface area (Å²) in [5.74, 6) is -0.901. The van der Waals surface area contributed by atoms with Crippen LogP contribution in [0.5, 0.6) is 5.75 Å². The second-order valence-corrected chi connectivity index (χ2v) is 8.55. The van der Waals surface area contributed by atoms with Crippen molar-refractivity contribution in [3.8, 4) is 5.75 Å². The van der Waals surface area contributed by atoms with E-state index in [4.69, 9.17) is 4.74 Å². The molecule has 1 fully saturated rings. The molecule has 4 rings (SSSR count). The fourth-order valence-corrected chi connectivity index (χ4v) is 4.11. The second-order valence-electron chi connectivity index (χ2n) is 8.55. The molecule has 1 saturated heterocycles. The number of carbonyl (C=O) groups excluding carboxylic acids is 2. The number of rotatable bonds is 5. The minimum absolute atomic E-state index is 0.0188. The van der Waals surface area contributed by atoms with Gasteiger partial charge in [-0.2, -0.15) is 0 Å². The lowest BCUT2D eigenvalue weighted by Gasteiger charge is -2.26. The molecule has 0 aromatic heterocycles. The highest BCUT2D eigenvalue weighted by Crippen LogP contribution is 2.43. The average Bonchev–Trinajstić information content (AvgIpc) is 3.05. The highest BCUT2D eigenvalue weighted by Gasteiger charge is 2.47. The Balaban J connectivity index is 1.88. The minimum Gasteiger partial charge on any atom is -0.507 e. The first-order valence-corrected chi connectivity index (χ1v) is 11.0. The lowest BCUT2D eigenvalue weighted by atomic mass is 9.92. The highest BCUT2D eigenvalue weighted by atomic mass is 16.5. The summed E-state index contributed by atoms with van der Waals surface area (Å²) in [6.45, 7) is 7.76. The summed E-state index contributed by atoms with van der Waals surface area (Å²) in [5.41, 5.74) is 3.90. The number of ether oxygens (including phenoxy) is 1. The average molecular weight is 442 g/mol. The van der Waals surface area contributed by atoms with Crippen LogP contribution in [-0.4, -0.2) is 22.9 Å². The summed E-state index contributed by atoms with van der Waals surface area (Å²) >= 11 is 0. The molecular formula is C28H27NO4. The van der Waals surface area contributed by atoms with Crippen LogP contribution < -0.4 is 9.64 Å². The van der Waals surface area contributed by atoms with Crippen molar-refractivity contribution in [2.75, 3.05) is 4.90 Å². The number of hydrogen-bond donors (Lipinski definition) is 1. The zero-order valence-electron chi connectivity index (χ0n) is 19.2. The molecule has 1 amide bonds. The van der Waals surface area contributed by atoms with Gasteiger partial charge in [0, 0.05) is 11.3 Å². The van der Waals surface area contributed by atoms with Crippen LogP contribution in [-0.2, 0) is 9.59 Å². The first kappa shape index (κ1) is 22.3. The smallest absolute Gasteiger partial charge is 0.300 e. The monoisotopic (exact) mass is 441 g/mol. The fourth-order valence-electron chi connectivity index (χ4n) is 4.11. The summed E-state index contributed by atoms with van der Waals surface area (Å²) in [4.78, 5) is 27.9. The Kier molecular flexibility index (Phi) is 6.05. The molecule has 1 heterocycles. The second kappa shape index (κ2) is 8.94. The van der Waals surface area contributed by atoms with Gasteiger partial charge in [0.1, 0.15) is 11.5 Å². The number of aryl methyl sites for hydroxylation is 2. The van der Waals surface area contributed by atoms with Crippen LogP contribution in [0.2, 0.25) is 0 Å². The maximum Gasteiger partial charge on any atom is 0.300 e. The van der Waals surface area contributed by atoms with E-state index in [0.29, 0.717) is 17.0 Å². The number of carbonyl (C=O) groups is 2. The molecule has 0 aliphatic carbocycles. The van der Waals surface area contributed by atoms with Crippen molar-refractivity contribution < 1.29 is 19.4 Å². The molecule has 5 nitrogen and oxygen atoms in total. The third kappa shape index (κ3) is 4.27. The van der Waals surface area contributed by atoms with Gasteiger partial charge < -0.3 is 9.84 Å². The highest BCUT2D eigenvalue weighted by molar-refractivity contribution is 6.51. The van der Waals surface area contributed by atoms with Crippen LogP contribution in [0.4, 0.5) is 5.69 Å². The lowest BCUT2D eigenvalue weighted by Crippen LogP contribution is -2.29. The predicted octanol–water partition coefficient (Wildman–Crippen LogP) is 5.72. The Labute approximate surface area is 193 Å². The molecule has 33 heavy (non-hydrogen) atoms. The number of aliphatic hydroxyl groups excluding tert-OH is 1. The van der Waals surface area contributed by atoms with Gasteiger partial charge in [0.15, 0.2) is 0 Å². The zero-order valence-corrected chi connectivity index (χ0v) is 19.2. The molecule has 1 aliphatic rings. The topological polar surface area (TPSA) is 66.8 Å². The Morgan fingerprint density at radius 1 is 0.909 bits per heavy atom. The number of nitrogens with zero attached hydrogens (tertiary/aromatic N) is 1. The van der Waals surface area contributed by atoms with E-state index < -0.39 is 17.7 Å². The Hall–Kier alpha value is -3.86. The normalized spacial score (nSPS) is 17.6. The van der Waals surface area contributed by atoms with Crippen molar-refractivity contribution in [2.24, 2.45) is 0 Å². The van der Waals surface area contributed by atoms with Gasteiger partial charge in [0.25, 0.3) is 11.7 Å². The van der Waals surface area contributed by atoms with E-state index in [1.807, 2.05) is 76.2 Å². The molecule has 3 aromatic carbocycles. The van der Waals surface area contributed by atoms with Gasteiger partial charge in [-0.05, 0) is 75.2 Å². The third-order valence-electron chi connectivity index (χ3n) is 5.74. The first-order chi connectivity index (χ1) is 15.8. The van der Waals surface area contributed by atoms with E-state index in [2.05, 4.69) is 0 Å². The van der Waals surface area contributed by atoms with E-state index in [1.165, 1.54) is 4.90 Å². The number of ketones is 1. The van der Waals surface area contributed by atoms with E-state index in [1.54, 1.807) is 24.3 Å². The Bertz CT molecular complexity index is 1220. The number of aliphatic hydroxyl groups is 1. The minimum atomic E-state index is -0.736. The SMILES string of the molecule is Cc1ccc(N2C(=O)C(=O)/C(=C(\O)c3ccc(OC(C)C)cc3)C2c2ccccc2C)cc1. The van der Waals surface area contributed by atoms with Crippen LogP contribution in [0.1, 0.15) is 42.1 Å². The van der Waals surface area contributed by atoms with Crippen molar-refractivity contribution in [1.82, 2.24) is 0 Å². The van der Waals surface area contributed by atoms with Gasteiger partial charge in [-0.1, -0.05) is 42.0 Å². The maximum absolute atomic E-state index is 13.2. The standard InChI is InChI=1S/C28H27NO4/c1-17(2)33-22-15-11-20(12-16-22)26(30)24-25(23-8-6-5-7-19(23)4)29(28(32)27(24)31)21-13-9-18(3)10-14-21/h5-17,25,30H,1-4H3/b26-24-. The van der Waals surface area contributed by atoms with Gasteiger partial charge >= 0.3 is 0 Å². The quantitative estimate of drug-likeness (QED) is 0.313. The molecule has 0 radical (unpaired) electrons. The predicted molar refractivity (Wildman–Crippen MR) is 129 cm³/mol. The van der Waals surface area contributed by atoms with Gasteiger partial charge in [0.05, 0.1) is 17.7 Å². The maximum atomic E-state index is 13.2. The third-order valence-corrected chi connectivity index (χ3v) is 5.74.